The number of amides is 2. The quantitative estimate of drug-likeness (QED) is 0.652. The van der Waals surface area contributed by atoms with Gasteiger partial charge in [0.15, 0.2) is 0 Å². The molecule has 1 rings (SSSR count). The van der Waals surface area contributed by atoms with Crippen LogP contribution in [0.15, 0.2) is 0 Å². The molecule has 1 unspecified atom stereocenters. The summed E-state index contributed by atoms with van der Waals surface area (Å²) in [5, 5.41) is 6.04. The Labute approximate surface area is 121 Å². The van der Waals surface area contributed by atoms with E-state index in [1.54, 1.807) is 14.2 Å². The van der Waals surface area contributed by atoms with E-state index in [1.165, 1.54) is 11.3 Å². The van der Waals surface area contributed by atoms with Gasteiger partial charge in [0, 0.05) is 27.3 Å². The summed E-state index contributed by atoms with van der Waals surface area (Å²) in [6.45, 7) is 2.20. The van der Waals surface area contributed by atoms with Gasteiger partial charge in [-0.25, -0.2) is 0 Å². The Hall–Kier alpha value is -1.14. The maximum absolute atomic E-state index is 12.2. The summed E-state index contributed by atoms with van der Waals surface area (Å²) >= 11 is 0. The minimum Gasteiger partial charge on any atom is -0.385 e. The van der Waals surface area contributed by atoms with E-state index in [2.05, 4.69) is 10.6 Å². The summed E-state index contributed by atoms with van der Waals surface area (Å²) < 4.78 is 4.91. The summed E-state index contributed by atoms with van der Waals surface area (Å²) in [6, 6.07) is -0.135. The molecule has 20 heavy (non-hydrogen) atoms. The molecule has 6 nitrogen and oxygen atoms in total. The van der Waals surface area contributed by atoms with Crippen LogP contribution < -0.4 is 10.6 Å². The molecule has 1 saturated heterocycles. The molecular formula is C14H27N3O3. The molecular weight excluding hydrogens is 258 g/mol. The molecule has 0 aromatic rings. The molecule has 1 heterocycles. The van der Waals surface area contributed by atoms with Crippen LogP contribution in [0.5, 0.6) is 0 Å². The van der Waals surface area contributed by atoms with Crippen molar-refractivity contribution in [3.63, 3.8) is 0 Å². The van der Waals surface area contributed by atoms with Crippen LogP contribution in [-0.2, 0) is 14.3 Å². The van der Waals surface area contributed by atoms with Crippen LogP contribution >= 0.6 is 0 Å². The number of nitrogens with zero attached hydrogens (tertiary/aromatic N) is 1. The van der Waals surface area contributed by atoms with Gasteiger partial charge in [-0.2, -0.15) is 0 Å². The van der Waals surface area contributed by atoms with Crippen LogP contribution in [0.3, 0.4) is 0 Å². The third kappa shape index (κ3) is 6.34. The lowest BCUT2D eigenvalue weighted by Crippen LogP contribution is -2.47. The van der Waals surface area contributed by atoms with Crippen molar-refractivity contribution in [2.24, 2.45) is 0 Å². The molecule has 2 N–H and O–H groups in total. The number of carbonyl (C=O) groups is 2. The molecule has 0 aromatic carbocycles. The molecule has 116 valence electrons. The SMILES string of the molecule is COCCCNC(=O)CN(C)C(=O)C1CCCCCN1. The average molecular weight is 285 g/mol. The molecule has 0 aromatic heterocycles. The number of rotatable bonds is 7. The molecule has 6 heteroatoms. The van der Waals surface area contributed by atoms with Crippen LogP contribution in [0.4, 0.5) is 0 Å². The van der Waals surface area contributed by atoms with E-state index in [0.717, 1.165) is 32.2 Å². The maximum Gasteiger partial charge on any atom is 0.239 e. The number of likely N-dealkylation sites (N-methyl/N-ethyl adjacent to an activating group) is 1. The molecule has 1 aliphatic heterocycles. The molecule has 1 aliphatic rings. The van der Waals surface area contributed by atoms with E-state index in [4.69, 9.17) is 4.74 Å². The zero-order chi connectivity index (χ0) is 14.8. The lowest BCUT2D eigenvalue weighted by Gasteiger charge is -2.23. The Bertz CT molecular complexity index is 302. The van der Waals surface area contributed by atoms with Gasteiger partial charge in [0.25, 0.3) is 0 Å². The topological polar surface area (TPSA) is 70.7 Å². The maximum atomic E-state index is 12.2. The van der Waals surface area contributed by atoms with Crippen LogP contribution in [-0.4, -0.2) is 63.2 Å². The number of hydrogen-bond acceptors (Lipinski definition) is 4. The fraction of sp³-hybridized carbons (Fsp3) is 0.857. The van der Waals surface area contributed by atoms with Crippen molar-refractivity contribution in [2.75, 3.05) is 40.4 Å². The van der Waals surface area contributed by atoms with Gasteiger partial charge in [-0.3, -0.25) is 9.59 Å². The van der Waals surface area contributed by atoms with Crippen molar-refractivity contribution in [1.82, 2.24) is 15.5 Å². The smallest absolute Gasteiger partial charge is 0.239 e. The predicted molar refractivity (Wildman–Crippen MR) is 77.4 cm³/mol. The standard InChI is InChI=1S/C14H27N3O3/c1-17(11-13(18)16-9-6-10-20-2)14(19)12-7-4-3-5-8-15-12/h12,15H,3-11H2,1-2H3,(H,16,18). The number of carbonyl (C=O) groups excluding carboxylic acids is 2. The summed E-state index contributed by atoms with van der Waals surface area (Å²) in [5.74, 6) is -0.107. The van der Waals surface area contributed by atoms with Crippen molar-refractivity contribution >= 4 is 11.8 Å². The van der Waals surface area contributed by atoms with Gasteiger partial charge in [-0.1, -0.05) is 12.8 Å². The Balaban J connectivity index is 2.27. The second kappa shape index (κ2) is 9.72. The van der Waals surface area contributed by atoms with Crippen LogP contribution in [0.1, 0.15) is 32.1 Å². The fourth-order valence-corrected chi connectivity index (χ4v) is 2.30. The Morgan fingerprint density at radius 3 is 2.90 bits per heavy atom. The van der Waals surface area contributed by atoms with Gasteiger partial charge in [0.1, 0.15) is 0 Å². The molecule has 0 aliphatic carbocycles. The number of hydrogen-bond donors (Lipinski definition) is 2. The molecule has 0 bridgehead atoms. The zero-order valence-electron chi connectivity index (χ0n) is 12.6. The number of ether oxygens (including phenoxy) is 1. The van der Waals surface area contributed by atoms with E-state index in [-0.39, 0.29) is 24.4 Å². The summed E-state index contributed by atoms with van der Waals surface area (Å²) in [5.41, 5.74) is 0. The minimum absolute atomic E-state index is 0.0129. The highest BCUT2D eigenvalue weighted by molar-refractivity contribution is 5.87. The second-order valence-corrected chi connectivity index (χ2v) is 5.25. The number of nitrogens with one attached hydrogen (secondary N) is 2. The molecule has 0 spiro atoms. The summed E-state index contributed by atoms with van der Waals surface area (Å²) in [6.07, 6.45) is 5.00. The molecule has 0 radical (unpaired) electrons. The third-order valence-corrected chi connectivity index (χ3v) is 3.46. The predicted octanol–water partition coefficient (Wildman–Crippen LogP) is 0.130. The lowest BCUT2D eigenvalue weighted by atomic mass is 10.1. The average Bonchev–Trinajstić information content (AvgIpc) is 2.71. The van der Waals surface area contributed by atoms with Crippen LogP contribution in [0.2, 0.25) is 0 Å². The van der Waals surface area contributed by atoms with E-state index < -0.39 is 0 Å². The van der Waals surface area contributed by atoms with Crippen LogP contribution in [0, 0.1) is 0 Å². The van der Waals surface area contributed by atoms with Gasteiger partial charge in [-0.15, -0.1) is 0 Å². The Kier molecular flexibility index (Phi) is 8.22. The van der Waals surface area contributed by atoms with Gasteiger partial charge in [0.2, 0.25) is 11.8 Å². The summed E-state index contributed by atoms with van der Waals surface area (Å²) in [7, 11) is 3.32. The Morgan fingerprint density at radius 1 is 1.35 bits per heavy atom. The van der Waals surface area contributed by atoms with E-state index in [1.807, 2.05) is 0 Å². The van der Waals surface area contributed by atoms with E-state index in [0.29, 0.717) is 13.2 Å². The van der Waals surface area contributed by atoms with Gasteiger partial charge in [0.05, 0.1) is 12.6 Å². The lowest BCUT2D eigenvalue weighted by molar-refractivity contribution is -0.136. The van der Waals surface area contributed by atoms with Crippen molar-refractivity contribution in [3.05, 3.63) is 0 Å². The first-order valence-corrected chi connectivity index (χ1v) is 7.39. The van der Waals surface area contributed by atoms with Gasteiger partial charge >= 0.3 is 0 Å². The molecule has 1 atom stereocenters. The van der Waals surface area contributed by atoms with E-state index in [9.17, 15) is 9.59 Å². The monoisotopic (exact) mass is 285 g/mol. The minimum atomic E-state index is -0.135. The van der Waals surface area contributed by atoms with Crippen molar-refractivity contribution in [2.45, 2.75) is 38.1 Å². The van der Waals surface area contributed by atoms with Crippen LogP contribution in [0.25, 0.3) is 0 Å². The van der Waals surface area contributed by atoms with Crippen molar-refractivity contribution in [1.29, 1.82) is 0 Å². The number of methoxy groups -OCH3 is 1. The first kappa shape index (κ1) is 16.9. The second-order valence-electron chi connectivity index (χ2n) is 5.25. The highest BCUT2D eigenvalue weighted by Crippen LogP contribution is 2.10. The van der Waals surface area contributed by atoms with E-state index >= 15 is 0 Å². The molecule has 2 amide bonds. The van der Waals surface area contributed by atoms with Gasteiger partial charge in [-0.05, 0) is 25.8 Å². The normalized spacial score (nSPS) is 19.2. The Morgan fingerprint density at radius 2 is 2.15 bits per heavy atom. The first-order valence-electron chi connectivity index (χ1n) is 7.39. The highest BCUT2D eigenvalue weighted by atomic mass is 16.5. The third-order valence-electron chi connectivity index (χ3n) is 3.46. The largest absolute Gasteiger partial charge is 0.385 e. The fourth-order valence-electron chi connectivity index (χ4n) is 2.30. The van der Waals surface area contributed by atoms with Crippen molar-refractivity contribution < 1.29 is 14.3 Å². The summed E-state index contributed by atoms with van der Waals surface area (Å²) in [4.78, 5) is 25.4. The molecule has 0 saturated carbocycles. The van der Waals surface area contributed by atoms with Crippen molar-refractivity contribution in [3.8, 4) is 0 Å². The zero-order valence-corrected chi connectivity index (χ0v) is 12.6. The first-order chi connectivity index (χ1) is 9.65. The molecule has 1 fully saturated rings. The highest BCUT2D eigenvalue weighted by Gasteiger charge is 2.23. The van der Waals surface area contributed by atoms with Gasteiger partial charge < -0.3 is 20.3 Å².